The Kier molecular flexibility index (Phi) is 34.3. The van der Waals surface area contributed by atoms with Crippen molar-refractivity contribution in [2.45, 2.75) is 225 Å². The molecule has 0 aromatic heterocycles. The summed E-state index contributed by atoms with van der Waals surface area (Å²) in [5.74, 6) is -1.55. The van der Waals surface area contributed by atoms with E-state index in [1.54, 1.807) is 6.08 Å². The number of hydrogen-bond acceptors (Lipinski definition) is 5. The molecule has 0 aromatic rings. The monoisotopic (exact) mass is 714 g/mol. The molecule has 0 fully saturated rings. The van der Waals surface area contributed by atoms with E-state index in [4.69, 9.17) is 0 Å². The molecular formula is C41H79NO6S. The van der Waals surface area contributed by atoms with Crippen molar-refractivity contribution in [1.82, 2.24) is 5.32 Å². The SMILES string of the molecule is CCCCCCCC/C=C\CCCCC(O)C(=O)NC(CS(=O)(=O)O)C(O)/C=C/CCCCCCCCCCCCCCCCCCCC. The van der Waals surface area contributed by atoms with E-state index >= 15 is 0 Å². The summed E-state index contributed by atoms with van der Waals surface area (Å²) in [4.78, 5) is 12.5. The molecule has 3 atom stereocenters. The van der Waals surface area contributed by atoms with Crippen molar-refractivity contribution in [1.29, 1.82) is 0 Å². The van der Waals surface area contributed by atoms with E-state index in [0.29, 0.717) is 6.42 Å². The molecule has 0 heterocycles. The quantitative estimate of drug-likeness (QED) is 0.0289. The first-order chi connectivity index (χ1) is 23.7. The van der Waals surface area contributed by atoms with Gasteiger partial charge in [0.15, 0.2) is 0 Å². The number of amides is 1. The van der Waals surface area contributed by atoms with Crippen molar-refractivity contribution in [3.05, 3.63) is 24.3 Å². The van der Waals surface area contributed by atoms with Gasteiger partial charge < -0.3 is 15.5 Å². The molecule has 0 aliphatic carbocycles. The molecule has 0 radical (unpaired) electrons. The van der Waals surface area contributed by atoms with Crippen LogP contribution >= 0.6 is 0 Å². The molecule has 1 amide bonds. The lowest BCUT2D eigenvalue weighted by Crippen LogP contribution is -2.50. The number of aliphatic hydroxyl groups excluding tert-OH is 2. The molecule has 0 aromatic carbocycles. The van der Waals surface area contributed by atoms with E-state index in [1.807, 2.05) is 0 Å². The van der Waals surface area contributed by atoms with E-state index in [9.17, 15) is 28.0 Å². The molecule has 49 heavy (non-hydrogen) atoms. The highest BCUT2D eigenvalue weighted by molar-refractivity contribution is 7.85. The second-order valence-electron chi connectivity index (χ2n) is 14.4. The Hall–Kier alpha value is -1.22. The average Bonchev–Trinajstić information content (AvgIpc) is 3.06. The zero-order chi connectivity index (χ0) is 36.3. The van der Waals surface area contributed by atoms with Gasteiger partial charge >= 0.3 is 0 Å². The van der Waals surface area contributed by atoms with Gasteiger partial charge in [-0.3, -0.25) is 9.35 Å². The second kappa shape index (κ2) is 35.2. The number of carbonyl (C=O) groups excluding carboxylic acids is 1. The van der Waals surface area contributed by atoms with E-state index in [1.165, 1.54) is 147 Å². The third-order valence-electron chi connectivity index (χ3n) is 9.48. The molecule has 0 rings (SSSR count). The summed E-state index contributed by atoms with van der Waals surface area (Å²) in [7, 11) is -4.44. The standard InChI is InChI=1S/C41H79NO6S/c1-3-5-7-9-11-13-15-17-18-19-20-21-22-23-24-26-27-29-31-33-35-39(43)38(37-49(46,47)48)42-41(45)40(44)36-34-32-30-28-25-16-14-12-10-8-6-4-2/h25,28,33,35,38-40,43-44H,3-24,26-27,29-32,34,36-37H2,1-2H3,(H,42,45)(H,46,47,48)/b28-25-,35-33+. The summed E-state index contributed by atoms with van der Waals surface area (Å²) in [6.07, 6.45) is 41.0. The summed E-state index contributed by atoms with van der Waals surface area (Å²) in [5.41, 5.74) is 0. The van der Waals surface area contributed by atoms with Crippen molar-refractivity contribution in [3.63, 3.8) is 0 Å². The average molecular weight is 714 g/mol. The van der Waals surface area contributed by atoms with Crippen LogP contribution in [0.25, 0.3) is 0 Å². The highest BCUT2D eigenvalue weighted by Crippen LogP contribution is 2.15. The zero-order valence-electron chi connectivity index (χ0n) is 31.9. The lowest BCUT2D eigenvalue weighted by atomic mass is 10.0. The molecule has 0 aliphatic heterocycles. The van der Waals surface area contributed by atoms with Gasteiger partial charge in [-0.15, -0.1) is 0 Å². The van der Waals surface area contributed by atoms with E-state index in [0.717, 1.165) is 38.5 Å². The van der Waals surface area contributed by atoms with Gasteiger partial charge in [-0.05, 0) is 44.9 Å². The number of carbonyl (C=O) groups is 1. The van der Waals surface area contributed by atoms with Gasteiger partial charge in [-0.1, -0.05) is 186 Å². The van der Waals surface area contributed by atoms with Crippen molar-refractivity contribution < 1.29 is 28.0 Å². The van der Waals surface area contributed by atoms with Crippen LogP contribution in [0, 0.1) is 0 Å². The smallest absolute Gasteiger partial charge is 0.267 e. The number of rotatable bonds is 37. The van der Waals surface area contributed by atoms with Crippen LogP contribution < -0.4 is 5.32 Å². The van der Waals surface area contributed by atoms with Crippen LogP contribution in [-0.4, -0.2) is 53.1 Å². The molecule has 0 spiro atoms. The fourth-order valence-corrected chi connectivity index (χ4v) is 7.01. The molecule has 4 N–H and O–H groups in total. The Bertz CT molecular complexity index is 890. The van der Waals surface area contributed by atoms with Crippen LogP contribution in [0.3, 0.4) is 0 Å². The van der Waals surface area contributed by atoms with Crippen molar-refractivity contribution in [3.8, 4) is 0 Å². The molecule has 290 valence electrons. The number of allylic oxidation sites excluding steroid dienone is 3. The Morgan fingerprint density at radius 1 is 0.551 bits per heavy atom. The fourth-order valence-electron chi connectivity index (χ4n) is 6.27. The Morgan fingerprint density at radius 3 is 1.29 bits per heavy atom. The van der Waals surface area contributed by atoms with E-state index in [2.05, 4.69) is 31.3 Å². The largest absolute Gasteiger partial charge is 0.387 e. The number of unbranched alkanes of at least 4 members (excludes halogenated alkanes) is 26. The van der Waals surface area contributed by atoms with Crippen LogP contribution in [-0.2, 0) is 14.9 Å². The minimum absolute atomic E-state index is 0.251. The summed E-state index contributed by atoms with van der Waals surface area (Å²) < 4.78 is 32.5. The highest BCUT2D eigenvalue weighted by atomic mass is 32.2. The zero-order valence-corrected chi connectivity index (χ0v) is 32.8. The maximum Gasteiger partial charge on any atom is 0.267 e. The van der Waals surface area contributed by atoms with Gasteiger partial charge in [-0.25, -0.2) is 0 Å². The van der Waals surface area contributed by atoms with Gasteiger partial charge in [0.05, 0.1) is 17.9 Å². The van der Waals surface area contributed by atoms with Crippen molar-refractivity contribution in [2.24, 2.45) is 0 Å². The number of nitrogens with one attached hydrogen (secondary N) is 1. The first kappa shape index (κ1) is 47.8. The number of aliphatic hydroxyl groups is 2. The minimum atomic E-state index is -4.44. The summed E-state index contributed by atoms with van der Waals surface area (Å²) in [6.45, 7) is 4.49. The lowest BCUT2D eigenvalue weighted by Gasteiger charge is -2.22. The Labute approximate surface area is 303 Å². The Morgan fingerprint density at radius 2 is 0.898 bits per heavy atom. The van der Waals surface area contributed by atoms with Crippen LogP contribution in [0.5, 0.6) is 0 Å². The fraction of sp³-hybridized carbons (Fsp3) is 0.878. The Balaban J connectivity index is 4.02. The van der Waals surface area contributed by atoms with E-state index < -0.39 is 40.0 Å². The molecule has 8 heteroatoms. The van der Waals surface area contributed by atoms with Gasteiger partial charge in [0.1, 0.15) is 6.10 Å². The third kappa shape index (κ3) is 35.0. The summed E-state index contributed by atoms with van der Waals surface area (Å²) >= 11 is 0. The van der Waals surface area contributed by atoms with Crippen LogP contribution in [0.2, 0.25) is 0 Å². The molecule has 0 bridgehead atoms. The topological polar surface area (TPSA) is 124 Å². The van der Waals surface area contributed by atoms with Gasteiger partial charge in [0.25, 0.3) is 10.1 Å². The maximum atomic E-state index is 12.5. The van der Waals surface area contributed by atoms with Crippen LogP contribution in [0.15, 0.2) is 24.3 Å². The second-order valence-corrected chi connectivity index (χ2v) is 15.9. The maximum absolute atomic E-state index is 12.5. The van der Waals surface area contributed by atoms with Crippen molar-refractivity contribution >= 4 is 16.0 Å². The molecule has 0 saturated heterocycles. The van der Waals surface area contributed by atoms with Gasteiger partial charge in [-0.2, -0.15) is 8.42 Å². The predicted octanol–water partition coefficient (Wildman–Crippen LogP) is 10.9. The minimum Gasteiger partial charge on any atom is -0.387 e. The van der Waals surface area contributed by atoms with Crippen molar-refractivity contribution in [2.75, 3.05) is 5.75 Å². The van der Waals surface area contributed by atoms with Crippen LogP contribution in [0.4, 0.5) is 0 Å². The van der Waals surface area contributed by atoms with Gasteiger partial charge in [0, 0.05) is 0 Å². The summed E-state index contributed by atoms with van der Waals surface area (Å²) in [5, 5.41) is 23.3. The molecule has 7 nitrogen and oxygen atoms in total. The predicted molar refractivity (Wildman–Crippen MR) is 208 cm³/mol. The molecule has 0 saturated carbocycles. The van der Waals surface area contributed by atoms with E-state index in [-0.39, 0.29) is 6.42 Å². The van der Waals surface area contributed by atoms with Crippen LogP contribution in [0.1, 0.15) is 206 Å². The van der Waals surface area contributed by atoms with Gasteiger partial charge in [0.2, 0.25) is 5.91 Å². The number of hydrogen-bond donors (Lipinski definition) is 4. The molecule has 0 aliphatic rings. The third-order valence-corrected chi connectivity index (χ3v) is 10.3. The normalized spacial score (nSPS) is 14.1. The summed E-state index contributed by atoms with van der Waals surface area (Å²) in [6, 6.07) is -1.24. The highest BCUT2D eigenvalue weighted by Gasteiger charge is 2.27. The molecule has 3 unspecified atom stereocenters. The first-order valence-electron chi connectivity index (χ1n) is 20.6. The first-order valence-corrected chi connectivity index (χ1v) is 22.3. The lowest BCUT2D eigenvalue weighted by molar-refractivity contribution is -0.130. The molecular weight excluding hydrogens is 635 g/mol.